The van der Waals surface area contributed by atoms with Crippen LogP contribution in [0.2, 0.25) is 0 Å². The van der Waals surface area contributed by atoms with Gasteiger partial charge in [0.2, 0.25) is 0 Å². The number of aliphatic carboxylic acids is 1. The van der Waals surface area contributed by atoms with Gasteiger partial charge in [0.15, 0.2) is 0 Å². The molecule has 0 saturated carbocycles. The standard InChI is InChI=1S/C13H27NO3/c1-14(2,3)10-12-17-11-8-6-4-5-7-9-13(15)16/h4-12H2,1-3H3. The minimum atomic E-state index is -0.936. The maximum Gasteiger partial charge on any atom is 0.102 e. The highest BCUT2D eigenvalue weighted by Gasteiger charge is 2.05. The summed E-state index contributed by atoms with van der Waals surface area (Å²) in [4.78, 5) is 10.2. The zero-order valence-electron chi connectivity index (χ0n) is 11.5. The first kappa shape index (κ1) is 16.4. The van der Waals surface area contributed by atoms with Crippen molar-refractivity contribution >= 4 is 5.97 Å². The fourth-order valence-corrected chi connectivity index (χ4v) is 1.44. The maximum absolute atomic E-state index is 10.2. The lowest BCUT2D eigenvalue weighted by molar-refractivity contribution is -0.870. The molecule has 0 fully saturated rings. The van der Waals surface area contributed by atoms with E-state index in [1.165, 1.54) is 0 Å². The first-order chi connectivity index (χ1) is 7.92. The Morgan fingerprint density at radius 1 is 1.00 bits per heavy atom. The molecule has 102 valence electrons. The molecular weight excluding hydrogens is 218 g/mol. The van der Waals surface area contributed by atoms with Crippen LogP contribution < -0.4 is 5.11 Å². The van der Waals surface area contributed by atoms with Gasteiger partial charge in [-0.15, -0.1) is 0 Å². The Hall–Kier alpha value is -0.610. The second kappa shape index (κ2) is 9.42. The van der Waals surface area contributed by atoms with Crippen LogP contribution in [-0.2, 0) is 9.53 Å². The Morgan fingerprint density at radius 2 is 1.59 bits per heavy atom. The third-order valence-corrected chi connectivity index (χ3v) is 2.58. The molecule has 0 aromatic carbocycles. The van der Waals surface area contributed by atoms with Crippen molar-refractivity contribution in [2.24, 2.45) is 0 Å². The molecule has 0 spiro atoms. The second-order valence-electron chi connectivity index (χ2n) is 5.52. The van der Waals surface area contributed by atoms with Crippen LogP contribution in [0.4, 0.5) is 0 Å². The van der Waals surface area contributed by atoms with Crippen LogP contribution in [0.3, 0.4) is 0 Å². The van der Waals surface area contributed by atoms with Gasteiger partial charge in [-0.25, -0.2) is 0 Å². The summed E-state index contributed by atoms with van der Waals surface area (Å²) in [5, 5.41) is 10.2. The van der Waals surface area contributed by atoms with Gasteiger partial charge in [0, 0.05) is 12.6 Å². The summed E-state index contributed by atoms with van der Waals surface area (Å²) in [5.74, 6) is -0.936. The van der Waals surface area contributed by atoms with Crippen LogP contribution in [0.15, 0.2) is 0 Å². The van der Waals surface area contributed by atoms with Crippen LogP contribution in [0, 0.1) is 0 Å². The van der Waals surface area contributed by atoms with Crippen molar-refractivity contribution in [2.45, 2.75) is 38.5 Å². The third-order valence-electron chi connectivity index (χ3n) is 2.58. The highest BCUT2D eigenvalue weighted by molar-refractivity contribution is 5.63. The predicted octanol–water partition coefficient (Wildman–Crippen LogP) is 0.800. The number of hydrogen-bond donors (Lipinski definition) is 0. The number of unbranched alkanes of at least 4 members (excludes halogenated alkanes) is 4. The van der Waals surface area contributed by atoms with Gasteiger partial charge in [-0.3, -0.25) is 0 Å². The van der Waals surface area contributed by atoms with Crippen LogP contribution in [0.1, 0.15) is 38.5 Å². The van der Waals surface area contributed by atoms with Crippen LogP contribution >= 0.6 is 0 Å². The molecule has 17 heavy (non-hydrogen) atoms. The van der Waals surface area contributed by atoms with Crippen molar-refractivity contribution in [2.75, 3.05) is 40.9 Å². The van der Waals surface area contributed by atoms with E-state index in [-0.39, 0.29) is 6.42 Å². The molecule has 0 atom stereocenters. The van der Waals surface area contributed by atoms with E-state index in [0.29, 0.717) is 0 Å². The van der Waals surface area contributed by atoms with Crippen molar-refractivity contribution in [3.63, 3.8) is 0 Å². The fraction of sp³-hybridized carbons (Fsp3) is 0.923. The van der Waals surface area contributed by atoms with Gasteiger partial charge in [-0.2, -0.15) is 0 Å². The molecule has 0 N–H and O–H groups in total. The number of likely N-dealkylation sites (N-methyl/N-ethyl adjacent to an activating group) is 1. The number of hydrogen-bond acceptors (Lipinski definition) is 3. The van der Waals surface area contributed by atoms with Gasteiger partial charge in [0.05, 0.1) is 27.7 Å². The van der Waals surface area contributed by atoms with E-state index in [1.54, 1.807) is 0 Å². The number of rotatable bonds is 11. The zero-order chi connectivity index (χ0) is 13.1. The summed E-state index contributed by atoms with van der Waals surface area (Å²) in [6.07, 6.45) is 5.20. The quantitative estimate of drug-likeness (QED) is 0.399. The number of carbonyl (C=O) groups is 1. The SMILES string of the molecule is C[N+](C)(C)CCOCCCCCCCC(=O)[O-]. The molecule has 0 amide bonds. The molecule has 0 aromatic heterocycles. The monoisotopic (exact) mass is 245 g/mol. The molecule has 0 aliphatic carbocycles. The Morgan fingerprint density at radius 3 is 2.18 bits per heavy atom. The Balaban J connectivity index is 3.06. The highest BCUT2D eigenvalue weighted by Crippen LogP contribution is 2.05. The van der Waals surface area contributed by atoms with Gasteiger partial charge in [0.25, 0.3) is 0 Å². The largest absolute Gasteiger partial charge is 0.550 e. The van der Waals surface area contributed by atoms with E-state index in [9.17, 15) is 9.90 Å². The van der Waals surface area contributed by atoms with Gasteiger partial charge < -0.3 is 19.1 Å². The lowest BCUT2D eigenvalue weighted by Crippen LogP contribution is -2.37. The minimum Gasteiger partial charge on any atom is -0.550 e. The van der Waals surface area contributed by atoms with E-state index in [1.807, 2.05) is 0 Å². The minimum absolute atomic E-state index is 0.194. The molecule has 0 rings (SSSR count). The van der Waals surface area contributed by atoms with E-state index >= 15 is 0 Å². The van der Waals surface area contributed by atoms with E-state index in [0.717, 1.165) is 56.3 Å². The molecule has 0 bridgehead atoms. The fourth-order valence-electron chi connectivity index (χ4n) is 1.44. The zero-order valence-corrected chi connectivity index (χ0v) is 11.5. The number of nitrogens with zero attached hydrogens (tertiary/aromatic N) is 1. The number of carboxylic acid groups (broad SMARTS) is 1. The van der Waals surface area contributed by atoms with E-state index in [4.69, 9.17) is 4.74 Å². The second-order valence-corrected chi connectivity index (χ2v) is 5.52. The van der Waals surface area contributed by atoms with E-state index in [2.05, 4.69) is 21.1 Å². The summed E-state index contributed by atoms with van der Waals surface area (Å²) in [6, 6.07) is 0. The summed E-state index contributed by atoms with van der Waals surface area (Å²) in [6.45, 7) is 2.67. The lowest BCUT2D eigenvalue weighted by Gasteiger charge is -2.23. The van der Waals surface area contributed by atoms with Crippen LogP contribution in [-0.4, -0.2) is 51.4 Å². The maximum atomic E-state index is 10.2. The molecule has 0 unspecified atom stereocenters. The molecule has 4 nitrogen and oxygen atoms in total. The van der Waals surface area contributed by atoms with Gasteiger partial charge >= 0.3 is 0 Å². The Bertz CT molecular complexity index is 199. The predicted molar refractivity (Wildman–Crippen MR) is 66.4 cm³/mol. The lowest BCUT2D eigenvalue weighted by atomic mass is 10.1. The molecule has 0 aliphatic heterocycles. The normalized spacial score (nSPS) is 11.7. The summed E-state index contributed by atoms with van der Waals surface area (Å²) in [7, 11) is 6.46. The van der Waals surface area contributed by atoms with E-state index < -0.39 is 5.97 Å². The van der Waals surface area contributed by atoms with Gasteiger partial charge in [0.1, 0.15) is 6.54 Å². The van der Waals surface area contributed by atoms with Crippen molar-refractivity contribution in [1.29, 1.82) is 0 Å². The molecule has 0 aliphatic rings. The Kier molecular flexibility index (Phi) is 9.09. The number of carbonyl (C=O) groups excluding carboxylic acids is 1. The molecule has 0 aromatic rings. The molecule has 0 saturated heterocycles. The third kappa shape index (κ3) is 15.4. The average Bonchev–Trinajstić information content (AvgIpc) is 2.18. The number of carboxylic acids is 1. The van der Waals surface area contributed by atoms with Crippen molar-refractivity contribution in [3.05, 3.63) is 0 Å². The molecule has 0 radical (unpaired) electrons. The summed E-state index contributed by atoms with van der Waals surface area (Å²) in [5.41, 5.74) is 0. The van der Waals surface area contributed by atoms with Crippen molar-refractivity contribution in [1.82, 2.24) is 0 Å². The highest BCUT2D eigenvalue weighted by atomic mass is 16.5. The Labute approximate surface area is 105 Å². The van der Waals surface area contributed by atoms with Crippen molar-refractivity contribution < 1.29 is 19.1 Å². The number of ether oxygens (including phenoxy) is 1. The van der Waals surface area contributed by atoms with Crippen molar-refractivity contribution in [3.8, 4) is 0 Å². The summed E-state index contributed by atoms with van der Waals surface area (Å²) >= 11 is 0. The van der Waals surface area contributed by atoms with Gasteiger partial charge in [-0.05, 0) is 19.3 Å². The topological polar surface area (TPSA) is 49.4 Å². The summed E-state index contributed by atoms with van der Waals surface area (Å²) < 4.78 is 6.47. The smallest absolute Gasteiger partial charge is 0.102 e. The number of quaternary nitrogens is 1. The molecular formula is C13H27NO3. The molecule has 0 heterocycles. The molecule has 4 heteroatoms. The average molecular weight is 245 g/mol. The van der Waals surface area contributed by atoms with Gasteiger partial charge in [-0.1, -0.05) is 19.3 Å². The van der Waals surface area contributed by atoms with Crippen LogP contribution in [0.25, 0.3) is 0 Å². The first-order valence-electron chi connectivity index (χ1n) is 6.50. The first-order valence-corrected chi connectivity index (χ1v) is 6.50. The van der Waals surface area contributed by atoms with Crippen LogP contribution in [0.5, 0.6) is 0 Å².